The molecule has 0 saturated heterocycles. The molecule has 0 spiro atoms. The fraction of sp³-hybridized carbons (Fsp3) is 0.529. The Bertz CT molecular complexity index is 577. The number of ether oxygens (including phenoxy) is 1. The predicted molar refractivity (Wildman–Crippen MR) is 89.4 cm³/mol. The maximum atomic E-state index is 12.4. The van der Waals surface area contributed by atoms with E-state index in [9.17, 15) is 9.59 Å². The topological polar surface area (TPSA) is 67.4 Å². The second-order valence-corrected chi connectivity index (χ2v) is 6.67. The van der Waals surface area contributed by atoms with Crippen LogP contribution in [-0.2, 0) is 14.3 Å². The van der Waals surface area contributed by atoms with Crippen LogP contribution in [0.25, 0.3) is 0 Å². The minimum atomic E-state index is -0.557. The minimum absolute atomic E-state index is 0.000763. The summed E-state index contributed by atoms with van der Waals surface area (Å²) >= 11 is 6.00. The SMILES string of the molecule is COCC(=O)N[C@H](C(=O)N[C@H]1C[C@@H]1c1cccc(Cl)c1)C(C)C. The Morgan fingerprint density at radius 2 is 2.13 bits per heavy atom. The number of hydrogen-bond acceptors (Lipinski definition) is 3. The van der Waals surface area contributed by atoms with Gasteiger partial charge in [0.25, 0.3) is 0 Å². The van der Waals surface area contributed by atoms with Crippen LogP contribution in [0.1, 0.15) is 31.7 Å². The van der Waals surface area contributed by atoms with Crippen molar-refractivity contribution in [3.05, 3.63) is 34.9 Å². The lowest BCUT2D eigenvalue weighted by molar-refractivity contribution is -0.132. The molecule has 3 atom stereocenters. The van der Waals surface area contributed by atoms with Crippen LogP contribution in [0.2, 0.25) is 5.02 Å². The molecule has 2 amide bonds. The van der Waals surface area contributed by atoms with Gasteiger partial charge in [-0.05, 0) is 30.0 Å². The Kier molecular flexibility index (Phi) is 6.02. The van der Waals surface area contributed by atoms with Crippen LogP contribution in [0.3, 0.4) is 0 Å². The van der Waals surface area contributed by atoms with Gasteiger partial charge in [-0.15, -0.1) is 0 Å². The highest BCUT2D eigenvalue weighted by molar-refractivity contribution is 6.30. The third-order valence-corrected chi connectivity index (χ3v) is 4.17. The third kappa shape index (κ3) is 4.94. The van der Waals surface area contributed by atoms with E-state index >= 15 is 0 Å². The molecule has 0 aliphatic heterocycles. The highest BCUT2D eigenvalue weighted by Gasteiger charge is 2.41. The van der Waals surface area contributed by atoms with Crippen LogP contribution in [0.4, 0.5) is 0 Å². The average molecular weight is 339 g/mol. The number of rotatable bonds is 7. The molecule has 1 aromatic carbocycles. The summed E-state index contributed by atoms with van der Waals surface area (Å²) in [5.41, 5.74) is 1.13. The van der Waals surface area contributed by atoms with Gasteiger partial charge in [-0.1, -0.05) is 37.6 Å². The van der Waals surface area contributed by atoms with Gasteiger partial charge >= 0.3 is 0 Å². The number of halogens is 1. The van der Waals surface area contributed by atoms with Crippen molar-refractivity contribution in [3.63, 3.8) is 0 Å². The van der Waals surface area contributed by atoms with Gasteiger partial charge in [0.15, 0.2) is 0 Å². The number of carbonyl (C=O) groups is 2. The summed E-state index contributed by atoms with van der Waals surface area (Å²) in [5.74, 6) is -0.151. The van der Waals surface area contributed by atoms with Crippen molar-refractivity contribution in [2.24, 2.45) is 5.92 Å². The molecular weight excluding hydrogens is 316 g/mol. The zero-order chi connectivity index (χ0) is 17.0. The maximum Gasteiger partial charge on any atom is 0.246 e. The van der Waals surface area contributed by atoms with Crippen LogP contribution in [0, 0.1) is 5.92 Å². The maximum absolute atomic E-state index is 12.4. The minimum Gasteiger partial charge on any atom is -0.375 e. The molecule has 0 heterocycles. The fourth-order valence-electron chi connectivity index (χ4n) is 2.61. The first-order chi connectivity index (χ1) is 10.9. The van der Waals surface area contributed by atoms with E-state index in [-0.39, 0.29) is 30.4 Å². The smallest absolute Gasteiger partial charge is 0.246 e. The van der Waals surface area contributed by atoms with Gasteiger partial charge in [-0.2, -0.15) is 0 Å². The molecule has 2 rings (SSSR count). The second-order valence-electron chi connectivity index (χ2n) is 6.23. The standard InChI is InChI=1S/C17H23ClN2O3/c1-10(2)16(20-15(21)9-23-3)17(22)19-14-8-13(14)11-5-4-6-12(18)7-11/h4-7,10,13-14,16H,8-9H2,1-3H3,(H,19,22)(H,20,21)/t13-,14+,16+/m1/s1. The fourth-order valence-corrected chi connectivity index (χ4v) is 2.81. The summed E-state index contributed by atoms with van der Waals surface area (Å²) in [6.45, 7) is 3.75. The zero-order valence-electron chi connectivity index (χ0n) is 13.6. The molecule has 1 saturated carbocycles. The Morgan fingerprint density at radius 1 is 1.39 bits per heavy atom. The van der Waals surface area contributed by atoms with Gasteiger partial charge in [0.1, 0.15) is 12.6 Å². The van der Waals surface area contributed by atoms with Crippen molar-refractivity contribution in [3.8, 4) is 0 Å². The monoisotopic (exact) mass is 338 g/mol. The zero-order valence-corrected chi connectivity index (χ0v) is 14.4. The van der Waals surface area contributed by atoms with E-state index in [2.05, 4.69) is 10.6 Å². The van der Waals surface area contributed by atoms with Crippen LogP contribution >= 0.6 is 11.6 Å². The van der Waals surface area contributed by atoms with Gasteiger partial charge < -0.3 is 15.4 Å². The van der Waals surface area contributed by atoms with Gasteiger partial charge in [-0.3, -0.25) is 9.59 Å². The first-order valence-corrected chi connectivity index (χ1v) is 8.14. The molecule has 6 heteroatoms. The van der Waals surface area contributed by atoms with Gasteiger partial charge in [-0.25, -0.2) is 0 Å². The van der Waals surface area contributed by atoms with Crippen molar-refractivity contribution in [1.82, 2.24) is 10.6 Å². The van der Waals surface area contributed by atoms with Crippen molar-refractivity contribution >= 4 is 23.4 Å². The normalized spacial score (nSPS) is 20.9. The van der Waals surface area contributed by atoms with Crippen molar-refractivity contribution in [2.45, 2.75) is 38.3 Å². The molecule has 0 radical (unpaired) electrons. The number of carbonyl (C=O) groups excluding carboxylic acids is 2. The van der Waals surface area contributed by atoms with E-state index in [1.54, 1.807) is 0 Å². The molecule has 23 heavy (non-hydrogen) atoms. The molecule has 0 unspecified atom stereocenters. The molecule has 1 fully saturated rings. The van der Waals surface area contributed by atoms with Crippen molar-refractivity contribution < 1.29 is 14.3 Å². The van der Waals surface area contributed by atoms with Crippen LogP contribution < -0.4 is 10.6 Å². The highest BCUT2D eigenvalue weighted by Crippen LogP contribution is 2.41. The van der Waals surface area contributed by atoms with Crippen molar-refractivity contribution in [1.29, 1.82) is 0 Å². The molecule has 1 aliphatic rings. The molecule has 0 bridgehead atoms. The van der Waals surface area contributed by atoms with Crippen LogP contribution in [-0.4, -0.2) is 37.6 Å². The molecular formula is C17H23ClN2O3. The summed E-state index contributed by atoms with van der Waals surface area (Å²) in [5, 5.41) is 6.43. The summed E-state index contributed by atoms with van der Waals surface area (Å²) in [6.07, 6.45) is 0.892. The van der Waals surface area contributed by atoms with Crippen LogP contribution in [0.15, 0.2) is 24.3 Å². The van der Waals surface area contributed by atoms with E-state index in [1.807, 2.05) is 38.1 Å². The van der Waals surface area contributed by atoms with E-state index in [4.69, 9.17) is 16.3 Å². The van der Waals surface area contributed by atoms with E-state index < -0.39 is 6.04 Å². The quantitative estimate of drug-likeness (QED) is 0.800. The Balaban J connectivity index is 1.91. The van der Waals surface area contributed by atoms with E-state index in [1.165, 1.54) is 7.11 Å². The molecule has 1 aromatic rings. The predicted octanol–water partition coefficient (Wildman–Crippen LogP) is 2.10. The van der Waals surface area contributed by atoms with Crippen molar-refractivity contribution in [2.75, 3.05) is 13.7 Å². The first-order valence-electron chi connectivity index (χ1n) is 7.76. The Morgan fingerprint density at radius 3 is 2.74 bits per heavy atom. The second kappa shape index (κ2) is 7.79. The highest BCUT2D eigenvalue weighted by atomic mass is 35.5. The molecule has 1 aliphatic carbocycles. The summed E-state index contributed by atoms with van der Waals surface area (Å²) in [6, 6.07) is 7.24. The summed E-state index contributed by atoms with van der Waals surface area (Å²) in [7, 11) is 1.45. The Labute approximate surface area is 141 Å². The largest absolute Gasteiger partial charge is 0.375 e. The average Bonchev–Trinajstić information content (AvgIpc) is 3.24. The lowest BCUT2D eigenvalue weighted by Crippen LogP contribution is -2.51. The number of amides is 2. The van der Waals surface area contributed by atoms with Gasteiger partial charge in [0, 0.05) is 24.1 Å². The first kappa shape index (κ1) is 17.8. The third-order valence-electron chi connectivity index (χ3n) is 3.94. The van der Waals surface area contributed by atoms with Gasteiger partial charge in [0.2, 0.25) is 11.8 Å². The van der Waals surface area contributed by atoms with E-state index in [0.29, 0.717) is 10.9 Å². The van der Waals surface area contributed by atoms with Crippen LogP contribution in [0.5, 0.6) is 0 Å². The number of methoxy groups -OCH3 is 1. The molecule has 2 N–H and O–H groups in total. The number of hydrogen-bond donors (Lipinski definition) is 2. The van der Waals surface area contributed by atoms with Gasteiger partial charge in [0.05, 0.1) is 0 Å². The lowest BCUT2D eigenvalue weighted by Gasteiger charge is -2.21. The summed E-state index contributed by atoms with van der Waals surface area (Å²) < 4.78 is 4.79. The summed E-state index contributed by atoms with van der Waals surface area (Å²) in [4.78, 5) is 24.1. The molecule has 126 valence electrons. The Hall–Kier alpha value is -1.59. The van der Waals surface area contributed by atoms with E-state index in [0.717, 1.165) is 12.0 Å². The molecule has 5 nitrogen and oxygen atoms in total. The number of benzene rings is 1. The lowest BCUT2D eigenvalue weighted by atomic mass is 10.0. The number of nitrogens with one attached hydrogen (secondary N) is 2. The molecule has 0 aromatic heterocycles.